The molecule has 0 atom stereocenters. The van der Waals surface area contributed by atoms with E-state index in [1.165, 1.54) is 39.7 Å². The van der Waals surface area contributed by atoms with Crippen molar-refractivity contribution < 1.29 is 0 Å². The van der Waals surface area contributed by atoms with Gasteiger partial charge in [-0.2, -0.15) is 5.26 Å². The number of benzene rings is 1. The fraction of sp³-hybridized carbons (Fsp3) is 0.158. The molecule has 4 rings (SSSR count). The Hall–Kier alpha value is -3.31. The summed E-state index contributed by atoms with van der Waals surface area (Å²) < 4.78 is 3.29. The summed E-state index contributed by atoms with van der Waals surface area (Å²) in [4.78, 5) is 21.1. The van der Waals surface area contributed by atoms with Crippen molar-refractivity contribution in [3.05, 3.63) is 75.6 Å². The van der Waals surface area contributed by atoms with Crippen LogP contribution in [0.25, 0.3) is 11.3 Å². The first-order valence-corrected chi connectivity index (χ1v) is 9.29. The molecule has 0 saturated heterocycles. The predicted molar refractivity (Wildman–Crippen MR) is 103 cm³/mol. The van der Waals surface area contributed by atoms with Crippen molar-refractivity contribution in [2.45, 2.75) is 24.8 Å². The molecule has 0 aliphatic heterocycles. The summed E-state index contributed by atoms with van der Waals surface area (Å²) in [5, 5.41) is 12.7. The topological polar surface area (TPSA) is 91.8 Å². The number of hydrogen-bond acceptors (Lipinski definition) is 5. The number of aromatic amines is 1. The molecule has 0 aliphatic rings. The lowest BCUT2D eigenvalue weighted by atomic mass is 10.1. The molecule has 7 nitrogen and oxygen atoms in total. The van der Waals surface area contributed by atoms with Gasteiger partial charge in [-0.1, -0.05) is 17.8 Å². The molecule has 0 spiro atoms. The summed E-state index contributed by atoms with van der Waals surface area (Å²) in [6.45, 7) is 4.13. The van der Waals surface area contributed by atoms with Gasteiger partial charge in [0, 0.05) is 36.1 Å². The molecule has 0 radical (unpaired) electrons. The molecular weight excluding hydrogens is 360 g/mol. The zero-order chi connectivity index (χ0) is 19.0. The summed E-state index contributed by atoms with van der Waals surface area (Å²) in [6, 6.07) is 9.85. The second-order valence-electron chi connectivity index (χ2n) is 6.26. The molecule has 0 amide bonds. The lowest BCUT2D eigenvalue weighted by molar-refractivity contribution is 0.881. The Morgan fingerprint density at radius 1 is 1.22 bits per heavy atom. The van der Waals surface area contributed by atoms with Crippen LogP contribution in [-0.4, -0.2) is 24.1 Å². The molecule has 0 unspecified atom stereocenters. The maximum atomic E-state index is 12.2. The number of nitrogens with zero attached hydrogens (tertiary/aromatic N) is 5. The van der Waals surface area contributed by atoms with Gasteiger partial charge in [0.15, 0.2) is 10.8 Å². The minimum Gasteiger partial charge on any atom is -0.295 e. The first-order chi connectivity index (χ1) is 13.0. The van der Waals surface area contributed by atoms with Crippen molar-refractivity contribution in [3.8, 4) is 11.8 Å². The van der Waals surface area contributed by atoms with Gasteiger partial charge in [0.05, 0.1) is 5.69 Å². The van der Waals surface area contributed by atoms with E-state index in [2.05, 4.69) is 47.1 Å². The third kappa shape index (κ3) is 3.25. The lowest BCUT2D eigenvalue weighted by Crippen LogP contribution is -2.15. The Labute approximate surface area is 159 Å². The average molecular weight is 376 g/mol. The average Bonchev–Trinajstić information content (AvgIpc) is 3.26. The number of H-pyrrole nitrogens is 1. The molecular formula is C19H16N6OS. The molecule has 0 fully saturated rings. The Morgan fingerprint density at radius 2 is 2.00 bits per heavy atom. The van der Waals surface area contributed by atoms with E-state index in [0.29, 0.717) is 22.7 Å². The van der Waals surface area contributed by atoms with Gasteiger partial charge in [-0.25, -0.2) is 14.5 Å². The first-order valence-electron chi connectivity index (χ1n) is 8.30. The molecule has 27 heavy (non-hydrogen) atoms. The largest absolute Gasteiger partial charge is 0.295 e. The SMILES string of the molecule is Cc1cc(C)cc(-n2ccnc2SCc2cc(=O)n3[nH]cc(C#N)c3n2)c1. The van der Waals surface area contributed by atoms with Gasteiger partial charge in [-0.05, 0) is 37.1 Å². The highest BCUT2D eigenvalue weighted by molar-refractivity contribution is 7.98. The molecule has 3 aromatic heterocycles. The normalized spacial score (nSPS) is 11.0. The van der Waals surface area contributed by atoms with Gasteiger partial charge in [0.2, 0.25) is 0 Å². The van der Waals surface area contributed by atoms with Crippen LogP contribution in [0.15, 0.2) is 52.8 Å². The van der Waals surface area contributed by atoms with Gasteiger partial charge in [-0.15, -0.1) is 0 Å². The van der Waals surface area contributed by atoms with Gasteiger partial charge >= 0.3 is 0 Å². The van der Waals surface area contributed by atoms with Crippen LogP contribution in [0, 0.1) is 25.2 Å². The zero-order valence-electron chi connectivity index (χ0n) is 14.8. The molecule has 0 aliphatic carbocycles. The molecule has 0 saturated carbocycles. The number of fused-ring (bicyclic) bond motifs is 1. The van der Waals surface area contributed by atoms with E-state index in [9.17, 15) is 4.79 Å². The van der Waals surface area contributed by atoms with Gasteiger partial charge < -0.3 is 0 Å². The Bertz CT molecular complexity index is 1220. The fourth-order valence-corrected chi connectivity index (χ4v) is 3.87. The Balaban J connectivity index is 1.64. The second-order valence-corrected chi connectivity index (χ2v) is 7.20. The van der Waals surface area contributed by atoms with Crippen LogP contribution in [0.2, 0.25) is 0 Å². The molecule has 8 heteroatoms. The Kier molecular flexibility index (Phi) is 4.30. The number of aryl methyl sites for hydroxylation is 2. The molecule has 4 aromatic rings. The first kappa shape index (κ1) is 17.1. The number of aromatic nitrogens is 5. The van der Waals surface area contributed by atoms with Crippen LogP contribution >= 0.6 is 11.8 Å². The highest BCUT2D eigenvalue weighted by Crippen LogP contribution is 2.24. The predicted octanol–water partition coefficient (Wildman–Crippen LogP) is 2.99. The number of thioether (sulfide) groups is 1. The summed E-state index contributed by atoms with van der Waals surface area (Å²) in [7, 11) is 0. The number of imidazole rings is 1. The molecule has 134 valence electrons. The highest BCUT2D eigenvalue weighted by Gasteiger charge is 2.11. The maximum absolute atomic E-state index is 12.2. The third-order valence-corrected chi connectivity index (χ3v) is 5.11. The van der Waals surface area contributed by atoms with Crippen LogP contribution in [0.1, 0.15) is 22.4 Å². The number of rotatable bonds is 4. The van der Waals surface area contributed by atoms with E-state index >= 15 is 0 Å². The van der Waals surface area contributed by atoms with E-state index in [1.807, 2.05) is 16.8 Å². The fourth-order valence-electron chi connectivity index (χ4n) is 3.01. The number of hydrogen-bond donors (Lipinski definition) is 1. The van der Waals surface area contributed by atoms with Crippen LogP contribution < -0.4 is 5.56 Å². The van der Waals surface area contributed by atoms with Crippen molar-refractivity contribution in [1.29, 1.82) is 5.26 Å². The third-order valence-electron chi connectivity index (χ3n) is 4.11. The maximum Gasteiger partial charge on any atom is 0.272 e. The minimum absolute atomic E-state index is 0.241. The smallest absolute Gasteiger partial charge is 0.272 e. The quantitative estimate of drug-likeness (QED) is 0.553. The van der Waals surface area contributed by atoms with E-state index < -0.39 is 0 Å². The van der Waals surface area contributed by atoms with Crippen molar-refractivity contribution in [2.24, 2.45) is 0 Å². The van der Waals surface area contributed by atoms with Crippen LogP contribution in [0.3, 0.4) is 0 Å². The Morgan fingerprint density at radius 3 is 2.74 bits per heavy atom. The standard InChI is InChI=1S/C19H16N6OS/c1-12-5-13(2)7-16(6-12)24-4-3-21-19(24)27-11-15-8-17(26)25-18(23-15)14(9-20)10-22-25/h3-8,10,22H,11H2,1-2H3. The van der Waals surface area contributed by atoms with E-state index in [0.717, 1.165) is 10.8 Å². The number of nitrogens with one attached hydrogen (secondary N) is 1. The van der Waals surface area contributed by atoms with Gasteiger partial charge in [0.1, 0.15) is 11.6 Å². The minimum atomic E-state index is -0.241. The van der Waals surface area contributed by atoms with Crippen molar-refractivity contribution in [1.82, 2.24) is 24.1 Å². The van der Waals surface area contributed by atoms with Crippen molar-refractivity contribution in [3.63, 3.8) is 0 Å². The summed E-state index contributed by atoms with van der Waals surface area (Å²) in [5.41, 5.74) is 4.48. The van der Waals surface area contributed by atoms with Crippen molar-refractivity contribution in [2.75, 3.05) is 0 Å². The lowest BCUT2D eigenvalue weighted by Gasteiger charge is -2.09. The van der Waals surface area contributed by atoms with Gasteiger partial charge in [0.25, 0.3) is 5.56 Å². The van der Waals surface area contributed by atoms with Crippen molar-refractivity contribution >= 4 is 17.4 Å². The number of nitriles is 1. The second kappa shape index (κ2) is 6.78. The molecule has 1 N–H and O–H groups in total. The zero-order valence-corrected chi connectivity index (χ0v) is 15.6. The monoisotopic (exact) mass is 376 g/mol. The molecule has 1 aromatic carbocycles. The highest BCUT2D eigenvalue weighted by atomic mass is 32.2. The van der Waals surface area contributed by atoms with Crippen LogP contribution in [-0.2, 0) is 5.75 Å². The van der Waals surface area contributed by atoms with Crippen LogP contribution in [0.4, 0.5) is 0 Å². The summed E-state index contributed by atoms with van der Waals surface area (Å²) in [6.07, 6.45) is 5.15. The van der Waals surface area contributed by atoms with Crippen LogP contribution in [0.5, 0.6) is 0 Å². The van der Waals surface area contributed by atoms with E-state index in [1.54, 1.807) is 6.20 Å². The molecule has 0 bridgehead atoms. The summed E-state index contributed by atoms with van der Waals surface area (Å²) >= 11 is 1.49. The van der Waals surface area contributed by atoms with Gasteiger partial charge in [-0.3, -0.25) is 14.5 Å². The summed E-state index contributed by atoms with van der Waals surface area (Å²) in [5.74, 6) is 0.476. The van der Waals surface area contributed by atoms with E-state index in [-0.39, 0.29) is 5.56 Å². The van der Waals surface area contributed by atoms with E-state index in [4.69, 9.17) is 5.26 Å². The molecule has 3 heterocycles.